The van der Waals surface area contributed by atoms with Crippen molar-refractivity contribution in [3.8, 4) is 22.8 Å². The topological polar surface area (TPSA) is 59.4 Å². The third-order valence-corrected chi connectivity index (χ3v) is 13.2. The first-order valence-corrected chi connectivity index (χ1v) is 23.8. The maximum atomic E-state index is 11.7. The Morgan fingerprint density at radius 2 is 1.58 bits per heavy atom. The normalized spacial score (nSPS) is 12.6. The summed E-state index contributed by atoms with van der Waals surface area (Å²) in [6.45, 7) is 12.6. The molecule has 243 valence electrons. The van der Waals surface area contributed by atoms with E-state index in [-0.39, 0.29) is 43.5 Å². The molecule has 0 saturated heterocycles. The number of ketones is 1. The molecular formula is C39H50GeIrNO3-. The molecule has 0 saturated carbocycles. The molecule has 1 aromatic heterocycles. The van der Waals surface area contributed by atoms with E-state index < -0.39 is 13.3 Å². The number of ether oxygens (including phenoxy) is 1. The summed E-state index contributed by atoms with van der Waals surface area (Å²) < 4.78 is 8.11. The number of allylic oxidation sites excluding steroid dienone is 2. The number of fused-ring (bicyclic) bond motifs is 3. The molecule has 0 unspecified atom stereocenters. The number of hydrogen-bond donors (Lipinski definition) is 1. The van der Waals surface area contributed by atoms with Crippen LogP contribution in [0.5, 0.6) is 11.5 Å². The Bertz CT molecular complexity index is 1660. The maximum absolute atomic E-state index is 11.7. The van der Waals surface area contributed by atoms with Gasteiger partial charge in [-0.05, 0) is 25.7 Å². The molecular weight excluding hydrogens is 795 g/mol. The molecule has 45 heavy (non-hydrogen) atoms. The molecule has 1 radical (unpaired) electrons. The van der Waals surface area contributed by atoms with E-state index in [1.165, 1.54) is 26.8 Å². The van der Waals surface area contributed by atoms with Gasteiger partial charge in [0.1, 0.15) is 0 Å². The predicted molar refractivity (Wildman–Crippen MR) is 189 cm³/mol. The van der Waals surface area contributed by atoms with Gasteiger partial charge in [-0.3, -0.25) is 4.79 Å². The van der Waals surface area contributed by atoms with Gasteiger partial charge < -0.3 is 5.11 Å². The fourth-order valence-corrected chi connectivity index (χ4v) is 9.65. The fraction of sp³-hybridized carbons (Fsp3) is 0.436. The monoisotopic (exact) mass is 847 g/mol. The summed E-state index contributed by atoms with van der Waals surface area (Å²) in [6.07, 6.45) is 7.83. The summed E-state index contributed by atoms with van der Waals surface area (Å²) >= 11 is -2.03. The molecule has 4 nitrogen and oxygen atoms in total. The first-order valence-electron chi connectivity index (χ1n) is 16.5. The SMILES string of the molecule is CC(C)Cc1c2c([c-]c3ccccc13)-c1nccc3[c]([Ge]([CH3])([CH3])[CH3])ccc(c13)O2.CCC(CC)C(=O)/C=C(\O)C(CC)CC.[Ir]. The van der Waals surface area contributed by atoms with Crippen molar-refractivity contribution < 1.29 is 34.7 Å². The second kappa shape index (κ2) is 15.9. The summed E-state index contributed by atoms with van der Waals surface area (Å²) in [5.41, 5.74) is 3.30. The van der Waals surface area contributed by atoms with Crippen molar-refractivity contribution in [3.05, 3.63) is 72.1 Å². The number of hydrogen-bond acceptors (Lipinski definition) is 4. The van der Waals surface area contributed by atoms with Crippen molar-refractivity contribution in [2.75, 3.05) is 0 Å². The van der Waals surface area contributed by atoms with Gasteiger partial charge in [-0.25, -0.2) is 0 Å². The minimum absolute atomic E-state index is 0. The number of aromatic nitrogens is 1. The van der Waals surface area contributed by atoms with Crippen LogP contribution in [-0.2, 0) is 31.3 Å². The summed E-state index contributed by atoms with van der Waals surface area (Å²) in [5.74, 6) is 10.3. The number of aliphatic hydroxyl groups is 1. The van der Waals surface area contributed by atoms with Gasteiger partial charge in [0, 0.05) is 38.0 Å². The number of rotatable bonds is 10. The summed E-state index contributed by atoms with van der Waals surface area (Å²) in [7, 11) is 0. The number of aliphatic hydroxyl groups excluding tert-OH is 1. The van der Waals surface area contributed by atoms with Gasteiger partial charge in [-0.15, -0.1) is 0 Å². The van der Waals surface area contributed by atoms with Crippen LogP contribution in [0.25, 0.3) is 32.8 Å². The van der Waals surface area contributed by atoms with Crippen LogP contribution in [-0.4, -0.2) is 29.1 Å². The van der Waals surface area contributed by atoms with E-state index in [1.807, 2.05) is 33.9 Å². The van der Waals surface area contributed by atoms with E-state index in [1.54, 1.807) is 0 Å². The minimum Gasteiger partial charge on any atom is -0.512 e. The van der Waals surface area contributed by atoms with Crippen LogP contribution in [0.2, 0.25) is 17.3 Å². The first-order chi connectivity index (χ1) is 20.9. The zero-order chi connectivity index (χ0) is 32.2. The number of nitrogens with zero attached hydrogens (tertiary/aromatic N) is 1. The maximum Gasteiger partial charge on any atom is 0.162 e. The number of pyridine rings is 1. The van der Waals surface area contributed by atoms with E-state index in [4.69, 9.17) is 9.72 Å². The molecule has 0 spiro atoms. The average molecular weight is 846 g/mol. The van der Waals surface area contributed by atoms with Crippen LogP contribution in [0.4, 0.5) is 0 Å². The van der Waals surface area contributed by atoms with Crippen molar-refractivity contribution in [2.24, 2.45) is 17.8 Å². The zero-order valence-electron chi connectivity index (χ0n) is 28.5. The molecule has 4 aromatic rings. The molecule has 0 bridgehead atoms. The molecule has 0 atom stereocenters. The zero-order valence-corrected chi connectivity index (χ0v) is 33.0. The Labute approximate surface area is 286 Å². The molecule has 3 aromatic carbocycles. The minimum atomic E-state index is -2.03. The van der Waals surface area contributed by atoms with E-state index >= 15 is 0 Å². The van der Waals surface area contributed by atoms with Gasteiger partial charge in [0.25, 0.3) is 0 Å². The average Bonchev–Trinajstić information content (AvgIpc) is 2.98. The van der Waals surface area contributed by atoms with E-state index in [9.17, 15) is 9.90 Å². The van der Waals surface area contributed by atoms with Crippen molar-refractivity contribution >= 4 is 45.0 Å². The molecule has 1 N–H and O–H groups in total. The standard InChI is InChI=1S/C26H26GeNO.C13H24O2.Ir/c1-16(2)14-20-18-9-7-6-8-17(18)15-21-25-24-19(12-13-28-25)22(27(3,4)5)10-11-23(24)29-26(20)21;1-5-10(6-2)12(14)9-13(15)11(7-3)8-4;/h6-13,16H,14H2,1-5H3;9-11,14H,5-8H2,1-4H3;/q-1;;/b;12-9-;. The molecule has 1 aliphatic heterocycles. The molecule has 1 aliphatic rings. The van der Waals surface area contributed by atoms with E-state index in [0.717, 1.165) is 65.6 Å². The molecule has 0 fully saturated rings. The van der Waals surface area contributed by atoms with Crippen molar-refractivity contribution in [1.29, 1.82) is 0 Å². The number of benzene rings is 3. The fourth-order valence-electron chi connectivity index (χ4n) is 6.30. The van der Waals surface area contributed by atoms with Crippen molar-refractivity contribution in [1.82, 2.24) is 4.98 Å². The van der Waals surface area contributed by atoms with Gasteiger partial charge in [0.05, 0.1) is 5.76 Å². The summed E-state index contributed by atoms with van der Waals surface area (Å²) in [6, 6.07) is 18.8. The van der Waals surface area contributed by atoms with Crippen LogP contribution >= 0.6 is 0 Å². The first kappa shape index (κ1) is 37.0. The Balaban J connectivity index is 0.000000297. The Morgan fingerprint density at radius 1 is 0.933 bits per heavy atom. The predicted octanol–water partition coefficient (Wildman–Crippen LogP) is 10.6. The third-order valence-electron chi connectivity index (χ3n) is 8.85. The third kappa shape index (κ3) is 8.10. The summed E-state index contributed by atoms with van der Waals surface area (Å²) in [4.78, 5) is 16.6. The Kier molecular flexibility index (Phi) is 13.1. The molecule has 0 aliphatic carbocycles. The van der Waals surface area contributed by atoms with Crippen LogP contribution < -0.4 is 9.13 Å². The number of carbonyl (C=O) groups is 1. The molecule has 6 heteroatoms. The second-order valence-electron chi connectivity index (χ2n) is 13.5. The largest absolute Gasteiger partial charge is 0.512 e. The quantitative estimate of drug-likeness (QED) is 0.0658. The molecule has 2 heterocycles. The van der Waals surface area contributed by atoms with Gasteiger partial charge >= 0.3 is 175 Å². The van der Waals surface area contributed by atoms with Gasteiger partial charge in [-0.2, -0.15) is 0 Å². The van der Waals surface area contributed by atoms with Crippen LogP contribution in [0, 0.1) is 23.8 Å². The second-order valence-corrected chi connectivity index (χ2v) is 24.1. The van der Waals surface area contributed by atoms with Crippen LogP contribution in [0.3, 0.4) is 0 Å². The Hall–Kier alpha value is -2.47. The van der Waals surface area contributed by atoms with Gasteiger partial charge in [-0.1, -0.05) is 27.7 Å². The smallest absolute Gasteiger partial charge is 0.162 e. The Morgan fingerprint density at radius 3 is 2.18 bits per heavy atom. The molecule has 5 rings (SSSR count). The number of carbonyl (C=O) groups excluding carboxylic acids is 1. The van der Waals surface area contributed by atoms with Crippen LogP contribution in [0.15, 0.2) is 60.5 Å². The molecule has 0 amide bonds. The van der Waals surface area contributed by atoms with Crippen LogP contribution in [0.1, 0.15) is 72.8 Å². The van der Waals surface area contributed by atoms with Crippen molar-refractivity contribution in [2.45, 2.75) is 90.9 Å². The van der Waals surface area contributed by atoms with E-state index in [0.29, 0.717) is 5.92 Å². The van der Waals surface area contributed by atoms with Crippen molar-refractivity contribution in [3.63, 3.8) is 0 Å². The van der Waals surface area contributed by atoms with Gasteiger partial charge in [0.15, 0.2) is 5.78 Å². The van der Waals surface area contributed by atoms with E-state index in [2.05, 4.69) is 79.6 Å². The van der Waals surface area contributed by atoms with Gasteiger partial charge in [0.2, 0.25) is 0 Å². The summed E-state index contributed by atoms with van der Waals surface area (Å²) in [5, 5.41) is 14.6.